The number of amides is 2. The highest BCUT2D eigenvalue weighted by atomic mass is 32.1. The Morgan fingerprint density at radius 2 is 1.78 bits per heavy atom. The van der Waals surface area contributed by atoms with E-state index >= 15 is 0 Å². The molecule has 0 spiro atoms. The van der Waals surface area contributed by atoms with Crippen LogP contribution in [-0.2, 0) is 5.41 Å². The quantitative estimate of drug-likeness (QED) is 0.869. The average Bonchev–Trinajstić information content (AvgIpc) is 3.10. The number of hydrogen-bond acceptors (Lipinski definition) is 5. The number of fused-ring (bicyclic) bond motifs is 2. The Balaban J connectivity index is 1.52. The third kappa shape index (κ3) is 1.62. The highest BCUT2D eigenvalue weighted by Crippen LogP contribution is 2.62. The smallest absolute Gasteiger partial charge is 0.261 e. The molecule has 3 aliphatic rings. The third-order valence-corrected chi connectivity index (χ3v) is 6.20. The molecule has 1 saturated heterocycles. The van der Waals surface area contributed by atoms with Gasteiger partial charge in [-0.05, 0) is 54.7 Å². The van der Waals surface area contributed by atoms with Crippen LogP contribution in [0.2, 0.25) is 0 Å². The normalized spacial score (nSPS) is 31.4. The topological polar surface area (TPSA) is 62.3 Å². The van der Waals surface area contributed by atoms with E-state index in [1.807, 2.05) is 11.4 Å². The van der Waals surface area contributed by atoms with Gasteiger partial charge in [0.2, 0.25) is 0 Å². The van der Waals surface area contributed by atoms with E-state index in [1.54, 1.807) is 24.3 Å². The first-order chi connectivity index (χ1) is 11.2. The summed E-state index contributed by atoms with van der Waals surface area (Å²) in [6, 6.07) is 9.13. The molecule has 2 fully saturated rings. The van der Waals surface area contributed by atoms with E-state index in [1.165, 1.54) is 16.4 Å². The van der Waals surface area contributed by atoms with Crippen molar-refractivity contribution in [3.63, 3.8) is 0 Å². The molecule has 5 nitrogen and oxygen atoms in total. The van der Waals surface area contributed by atoms with E-state index in [-0.39, 0.29) is 17.2 Å². The molecule has 1 aliphatic carbocycles. The van der Waals surface area contributed by atoms with Crippen molar-refractivity contribution in [1.29, 1.82) is 0 Å². The molecule has 0 radical (unpaired) electrons. The molecule has 2 aromatic rings. The predicted molar refractivity (Wildman–Crippen MR) is 85.5 cm³/mol. The molecule has 3 atom stereocenters. The lowest BCUT2D eigenvalue weighted by molar-refractivity contribution is 0.0631. The Bertz CT molecular complexity index is 772. The lowest BCUT2D eigenvalue weighted by Crippen LogP contribution is -2.41. The monoisotopic (exact) mass is 325 g/mol. The number of hydrogen-bond donors (Lipinski definition) is 1. The van der Waals surface area contributed by atoms with Crippen LogP contribution in [0.15, 0.2) is 35.7 Å². The molecule has 116 valence electrons. The maximum atomic E-state index is 12.7. The number of benzene rings is 1. The molecule has 3 heterocycles. The molecule has 2 amide bonds. The molecular weight excluding hydrogens is 310 g/mol. The van der Waals surface area contributed by atoms with Crippen LogP contribution >= 0.6 is 11.5 Å². The van der Waals surface area contributed by atoms with E-state index in [0.717, 1.165) is 18.8 Å². The molecule has 1 unspecified atom stereocenters. The standard InChI is InChI=1S/C17H15N3O2S/c21-15-10-3-1-2-4-11(10)16(22)20(15)9-17(14-5-6-23-19-14)12-7-18-8-13(12)17/h1-6,12-13,18H,7-9H2/t12-,13+,17?. The van der Waals surface area contributed by atoms with Crippen molar-refractivity contribution < 1.29 is 9.59 Å². The van der Waals surface area contributed by atoms with Crippen molar-refractivity contribution in [2.45, 2.75) is 5.41 Å². The number of aromatic nitrogens is 1. The van der Waals surface area contributed by atoms with E-state index in [4.69, 9.17) is 0 Å². The Morgan fingerprint density at radius 3 is 2.35 bits per heavy atom. The van der Waals surface area contributed by atoms with Crippen molar-refractivity contribution in [3.05, 3.63) is 52.5 Å². The first-order valence-electron chi connectivity index (χ1n) is 7.80. The number of nitrogens with one attached hydrogen (secondary N) is 1. The zero-order valence-electron chi connectivity index (χ0n) is 12.4. The van der Waals surface area contributed by atoms with E-state index in [2.05, 4.69) is 9.69 Å². The molecular formula is C17H15N3O2S. The summed E-state index contributed by atoms with van der Waals surface area (Å²) in [5.74, 6) is 0.596. The molecule has 1 aromatic heterocycles. The van der Waals surface area contributed by atoms with Gasteiger partial charge >= 0.3 is 0 Å². The maximum Gasteiger partial charge on any atom is 0.261 e. The van der Waals surface area contributed by atoms with E-state index < -0.39 is 0 Å². The van der Waals surface area contributed by atoms with Gasteiger partial charge in [0, 0.05) is 17.3 Å². The number of piperidine rings is 1. The number of carbonyl (C=O) groups is 2. The fourth-order valence-corrected chi connectivity index (χ4v) is 5.04. The van der Waals surface area contributed by atoms with Crippen LogP contribution in [0.25, 0.3) is 0 Å². The first kappa shape index (κ1) is 13.4. The minimum Gasteiger partial charge on any atom is -0.316 e. The van der Waals surface area contributed by atoms with Gasteiger partial charge in [-0.25, -0.2) is 0 Å². The molecule has 1 aromatic carbocycles. The zero-order valence-corrected chi connectivity index (χ0v) is 13.2. The number of carbonyl (C=O) groups excluding carboxylic acids is 2. The summed E-state index contributed by atoms with van der Waals surface area (Å²) < 4.78 is 4.54. The SMILES string of the molecule is O=C1c2ccccc2C(=O)N1CC1(c2ccsn2)[C@@H]2CNC[C@@H]21. The number of nitrogens with zero attached hydrogens (tertiary/aromatic N) is 2. The Kier molecular flexibility index (Phi) is 2.61. The highest BCUT2D eigenvalue weighted by Gasteiger charge is 2.69. The third-order valence-electron chi connectivity index (χ3n) is 5.64. The number of rotatable bonds is 3. The van der Waals surface area contributed by atoms with Crippen molar-refractivity contribution >= 4 is 23.3 Å². The summed E-state index contributed by atoms with van der Waals surface area (Å²) >= 11 is 1.43. The molecule has 6 heteroatoms. The molecule has 0 bridgehead atoms. The van der Waals surface area contributed by atoms with Gasteiger partial charge in [0.25, 0.3) is 11.8 Å². The summed E-state index contributed by atoms with van der Waals surface area (Å²) in [7, 11) is 0. The lowest BCUT2D eigenvalue weighted by Gasteiger charge is -2.24. The van der Waals surface area contributed by atoms with Gasteiger partial charge < -0.3 is 5.32 Å². The van der Waals surface area contributed by atoms with Crippen molar-refractivity contribution in [2.75, 3.05) is 19.6 Å². The van der Waals surface area contributed by atoms with Gasteiger partial charge in [-0.2, -0.15) is 4.37 Å². The second-order valence-electron chi connectivity index (χ2n) is 6.54. The minimum atomic E-state index is -0.168. The fraction of sp³-hybridized carbons (Fsp3) is 0.353. The average molecular weight is 325 g/mol. The van der Waals surface area contributed by atoms with Crippen LogP contribution in [0.1, 0.15) is 26.4 Å². The van der Waals surface area contributed by atoms with Gasteiger partial charge in [-0.1, -0.05) is 12.1 Å². The molecule has 1 saturated carbocycles. The van der Waals surface area contributed by atoms with Crippen LogP contribution in [-0.4, -0.2) is 40.7 Å². The fourth-order valence-electron chi connectivity index (χ4n) is 4.44. The Morgan fingerprint density at radius 1 is 1.13 bits per heavy atom. The summed E-state index contributed by atoms with van der Waals surface area (Å²) in [6.07, 6.45) is 0. The van der Waals surface area contributed by atoms with Crippen molar-refractivity contribution in [1.82, 2.24) is 14.6 Å². The van der Waals surface area contributed by atoms with Gasteiger partial charge in [-0.3, -0.25) is 14.5 Å². The summed E-state index contributed by atoms with van der Waals surface area (Å²) in [6.45, 7) is 2.32. The molecule has 2 aliphatic heterocycles. The minimum absolute atomic E-state index is 0.154. The van der Waals surface area contributed by atoms with Gasteiger partial charge in [0.1, 0.15) is 0 Å². The summed E-state index contributed by atoms with van der Waals surface area (Å²) in [5, 5.41) is 5.36. The first-order valence-corrected chi connectivity index (χ1v) is 8.64. The van der Waals surface area contributed by atoms with Crippen LogP contribution in [0, 0.1) is 11.8 Å². The molecule has 1 N–H and O–H groups in total. The molecule has 23 heavy (non-hydrogen) atoms. The zero-order chi connectivity index (χ0) is 15.6. The second kappa shape index (κ2) is 4.49. The van der Waals surface area contributed by atoms with Crippen LogP contribution in [0.4, 0.5) is 0 Å². The van der Waals surface area contributed by atoms with Crippen LogP contribution < -0.4 is 5.32 Å². The van der Waals surface area contributed by atoms with E-state index in [9.17, 15) is 9.59 Å². The van der Waals surface area contributed by atoms with Crippen molar-refractivity contribution in [3.8, 4) is 0 Å². The van der Waals surface area contributed by atoms with Crippen LogP contribution in [0.5, 0.6) is 0 Å². The summed E-state index contributed by atoms with van der Waals surface area (Å²) in [5.41, 5.74) is 1.93. The van der Waals surface area contributed by atoms with Crippen LogP contribution in [0.3, 0.4) is 0 Å². The second-order valence-corrected chi connectivity index (χ2v) is 7.20. The van der Waals surface area contributed by atoms with E-state index in [0.29, 0.717) is 29.5 Å². The molecule has 5 rings (SSSR count). The highest BCUT2D eigenvalue weighted by molar-refractivity contribution is 7.03. The summed E-state index contributed by atoms with van der Waals surface area (Å²) in [4.78, 5) is 26.8. The Labute approximate surface area is 137 Å². The number of imide groups is 1. The maximum absolute atomic E-state index is 12.7. The van der Waals surface area contributed by atoms with Gasteiger partial charge in [0.05, 0.1) is 16.8 Å². The van der Waals surface area contributed by atoms with Gasteiger partial charge in [-0.15, -0.1) is 0 Å². The van der Waals surface area contributed by atoms with Gasteiger partial charge in [0.15, 0.2) is 0 Å². The lowest BCUT2D eigenvalue weighted by atomic mass is 9.95. The Hall–Kier alpha value is -2.05. The predicted octanol–water partition coefficient (Wildman–Crippen LogP) is 1.53. The largest absolute Gasteiger partial charge is 0.316 e. The van der Waals surface area contributed by atoms with Crippen molar-refractivity contribution in [2.24, 2.45) is 11.8 Å².